The maximum absolute atomic E-state index is 15.1. The zero-order valence-corrected chi connectivity index (χ0v) is 31.9. The molecule has 13 nitrogen and oxygen atoms in total. The van der Waals surface area contributed by atoms with Gasteiger partial charge in [0.15, 0.2) is 0 Å². The number of hydrogen-bond donors (Lipinski definition) is 1. The van der Waals surface area contributed by atoms with E-state index in [1.54, 1.807) is 45.3 Å². The summed E-state index contributed by atoms with van der Waals surface area (Å²) in [6, 6.07) is 10.5. The lowest BCUT2D eigenvalue weighted by molar-refractivity contribution is -0.151. The molecule has 3 aliphatic heterocycles. The highest BCUT2D eigenvalue weighted by Gasteiger charge is 2.30. The van der Waals surface area contributed by atoms with Crippen molar-refractivity contribution in [1.82, 2.24) is 24.6 Å². The van der Waals surface area contributed by atoms with Gasteiger partial charge in [0.05, 0.1) is 12.5 Å². The molecule has 2 fully saturated rings. The second kappa shape index (κ2) is 18.4. The maximum Gasteiger partial charge on any atom is 0.410 e. The minimum Gasteiger partial charge on any atom is -0.457 e. The van der Waals surface area contributed by atoms with Gasteiger partial charge in [-0.25, -0.2) is 9.18 Å². The molecule has 2 amide bonds. The highest BCUT2D eigenvalue weighted by atomic mass is 19.1. The van der Waals surface area contributed by atoms with Gasteiger partial charge >= 0.3 is 12.1 Å². The van der Waals surface area contributed by atoms with E-state index in [2.05, 4.69) is 19.9 Å². The number of carbonyl (C=O) groups is 3. The normalized spacial score (nSPS) is 25.1. The molecule has 0 aliphatic carbocycles. The van der Waals surface area contributed by atoms with Gasteiger partial charge in [-0.2, -0.15) is 5.10 Å². The van der Waals surface area contributed by atoms with Crippen LogP contribution in [0, 0.1) is 17.7 Å². The fraction of sp³-hybridized carbons (Fsp3) is 0.488. The fourth-order valence-corrected chi connectivity index (χ4v) is 7.40. The minimum atomic E-state index is -0.914. The molecule has 0 spiro atoms. The van der Waals surface area contributed by atoms with E-state index in [-0.39, 0.29) is 36.8 Å². The quantitative estimate of drug-likeness (QED) is 0.265. The van der Waals surface area contributed by atoms with Crippen molar-refractivity contribution in [3.8, 4) is 0 Å². The van der Waals surface area contributed by atoms with Crippen molar-refractivity contribution in [2.75, 3.05) is 62.2 Å². The van der Waals surface area contributed by atoms with Crippen LogP contribution in [-0.4, -0.2) is 118 Å². The lowest BCUT2D eigenvalue weighted by Gasteiger charge is -2.36. The van der Waals surface area contributed by atoms with Gasteiger partial charge in [-0.15, -0.1) is 0 Å². The number of amides is 2. The molecule has 2 aromatic heterocycles. The molecule has 55 heavy (non-hydrogen) atoms. The second-order valence-corrected chi connectivity index (χ2v) is 14.8. The molecule has 0 unspecified atom stereocenters. The average Bonchev–Trinajstić information content (AvgIpc) is 3.70. The predicted octanol–water partition coefficient (Wildman–Crippen LogP) is 4.78. The summed E-state index contributed by atoms with van der Waals surface area (Å²) >= 11 is 0. The molecule has 6 rings (SSSR count). The molecule has 3 aliphatic rings. The molecule has 1 N–H and O–H groups in total. The fourth-order valence-electron chi connectivity index (χ4n) is 7.40. The number of esters is 1. The van der Waals surface area contributed by atoms with Crippen molar-refractivity contribution >= 4 is 35.4 Å². The van der Waals surface area contributed by atoms with Crippen LogP contribution in [0.25, 0.3) is 6.08 Å². The highest BCUT2D eigenvalue weighted by molar-refractivity contribution is 5.76. The molecule has 0 saturated carbocycles. The smallest absolute Gasteiger partial charge is 0.410 e. The number of halogens is 1. The number of carbonyl (C=O) groups excluding carboxylic acids is 3. The molecular formula is C41H52FN7O6. The highest BCUT2D eigenvalue weighted by Crippen LogP contribution is 2.28. The third-order valence-corrected chi connectivity index (χ3v) is 10.7. The van der Waals surface area contributed by atoms with Gasteiger partial charge < -0.3 is 34.2 Å². The number of benzene rings is 1. The zero-order valence-electron chi connectivity index (χ0n) is 31.9. The number of hydrogen-bond acceptors (Lipinski definition) is 10. The van der Waals surface area contributed by atoms with Gasteiger partial charge in [-0.3, -0.25) is 19.3 Å². The summed E-state index contributed by atoms with van der Waals surface area (Å²) < 4.78 is 28.8. The van der Waals surface area contributed by atoms with E-state index in [1.807, 2.05) is 57.2 Å². The summed E-state index contributed by atoms with van der Waals surface area (Å²) in [4.78, 5) is 51.1. The van der Waals surface area contributed by atoms with Crippen LogP contribution in [0.1, 0.15) is 45.6 Å². The van der Waals surface area contributed by atoms with E-state index in [4.69, 9.17) is 9.47 Å². The Balaban J connectivity index is 1.13. The monoisotopic (exact) mass is 757 g/mol. The van der Waals surface area contributed by atoms with Crippen molar-refractivity contribution < 1.29 is 33.4 Å². The molecule has 0 radical (unpaired) electrons. The van der Waals surface area contributed by atoms with Crippen LogP contribution in [0.3, 0.4) is 0 Å². The van der Waals surface area contributed by atoms with Gasteiger partial charge in [0.2, 0.25) is 5.91 Å². The lowest BCUT2D eigenvalue weighted by atomic mass is 9.91. The third kappa shape index (κ3) is 10.7. The maximum atomic E-state index is 15.1. The Morgan fingerprint density at radius 1 is 0.927 bits per heavy atom. The second-order valence-electron chi connectivity index (χ2n) is 14.8. The van der Waals surface area contributed by atoms with Crippen molar-refractivity contribution in [2.45, 2.75) is 64.9 Å². The Kier molecular flexibility index (Phi) is 13.2. The number of pyridine rings is 1. The number of aliphatic hydroxyl groups is 1. The van der Waals surface area contributed by atoms with Crippen LogP contribution in [0.5, 0.6) is 0 Å². The summed E-state index contributed by atoms with van der Waals surface area (Å²) in [7, 11) is 0. The van der Waals surface area contributed by atoms with E-state index in [0.717, 1.165) is 5.69 Å². The van der Waals surface area contributed by atoms with Crippen LogP contribution >= 0.6 is 0 Å². The van der Waals surface area contributed by atoms with Gasteiger partial charge in [-0.1, -0.05) is 26.0 Å². The number of ether oxygens (including phenoxy) is 2. The zero-order chi connectivity index (χ0) is 38.9. The van der Waals surface area contributed by atoms with E-state index in [1.165, 1.54) is 12.1 Å². The Hall–Kier alpha value is -5.24. The molecule has 294 valence electrons. The lowest BCUT2D eigenvalue weighted by Crippen LogP contribution is -2.49. The largest absolute Gasteiger partial charge is 0.457 e. The van der Waals surface area contributed by atoms with E-state index in [0.29, 0.717) is 82.0 Å². The summed E-state index contributed by atoms with van der Waals surface area (Å²) in [6.45, 7) is 10.4. The van der Waals surface area contributed by atoms with E-state index < -0.39 is 30.1 Å². The molecule has 2 saturated heterocycles. The van der Waals surface area contributed by atoms with Gasteiger partial charge in [0.1, 0.15) is 24.6 Å². The summed E-state index contributed by atoms with van der Waals surface area (Å²) in [5.41, 5.74) is 3.06. The summed E-state index contributed by atoms with van der Waals surface area (Å²) in [5.74, 6) is -1.40. The minimum absolute atomic E-state index is 0.0149. The van der Waals surface area contributed by atoms with Crippen LogP contribution in [0.15, 0.2) is 78.9 Å². The van der Waals surface area contributed by atoms with Crippen LogP contribution in [0.2, 0.25) is 0 Å². The van der Waals surface area contributed by atoms with Crippen molar-refractivity contribution in [3.63, 3.8) is 0 Å². The van der Waals surface area contributed by atoms with E-state index in [9.17, 15) is 19.5 Å². The molecule has 0 bridgehead atoms. The number of anilines is 2. The summed E-state index contributed by atoms with van der Waals surface area (Å²) in [6.07, 6.45) is 10.6. The molecule has 14 heteroatoms. The Morgan fingerprint density at radius 2 is 1.62 bits per heavy atom. The number of piperazine rings is 2. The predicted molar refractivity (Wildman–Crippen MR) is 207 cm³/mol. The Labute approximate surface area is 322 Å². The number of nitrogens with zero attached hydrogens (tertiary/aromatic N) is 7. The van der Waals surface area contributed by atoms with Crippen LogP contribution in [-0.2, 0) is 25.6 Å². The van der Waals surface area contributed by atoms with Crippen molar-refractivity contribution in [2.24, 2.45) is 11.8 Å². The number of aliphatic hydroxyl groups excluding tert-OH is 1. The average molecular weight is 758 g/mol. The molecular weight excluding hydrogens is 705 g/mol. The first-order chi connectivity index (χ1) is 26.5. The SMILES string of the molecule is C/C(=C\c1cc(F)cc(N2CCN(C(=O)Cn3cccn3)CC2)c1)[C@H]1OC(=O)C[C@H](O)CC[C@H](C)[C@@H](OC(=O)N2CCN(c3ccncc3)CC2)/C=C\[C@@H]1C. The third-order valence-electron chi connectivity index (χ3n) is 10.7. The first-order valence-corrected chi connectivity index (χ1v) is 19.2. The standard InChI is InChI=1S/C41H52FN7O6/c1-29-5-7-36(50)27-39(52)55-40(30(2)6-8-37(29)54-41(53)48-21-17-45(18-22-48)34-9-12-43-13-10-34)31(3)23-32-24-33(42)26-35(25-32)46-15-19-47(20-16-46)38(51)28-49-14-4-11-44-49/h4,6,8-14,23-26,29-30,36-37,40,50H,5,7,15-22,27-28H2,1-3H3/b8-6-,31-23+/t29-,30-,36+,37-,40-/m0/s1. The van der Waals surface area contributed by atoms with Crippen LogP contribution < -0.4 is 9.80 Å². The number of aromatic nitrogens is 3. The molecule has 3 aromatic rings. The van der Waals surface area contributed by atoms with E-state index >= 15 is 4.39 Å². The number of cyclic esters (lactones) is 1. The van der Waals surface area contributed by atoms with Crippen molar-refractivity contribution in [3.05, 3.63) is 90.3 Å². The Bertz CT molecular complexity index is 1810. The van der Waals surface area contributed by atoms with Gasteiger partial charge in [0.25, 0.3) is 0 Å². The van der Waals surface area contributed by atoms with Crippen molar-refractivity contribution in [1.29, 1.82) is 0 Å². The van der Waals surface area contributed by atoms with Gasteiger partial charge in [-0.05, 0) is 79.3 Å². The summed E-state index contributed by atoms with van der Waals surface area (Å²) in [5, 5.41) is 14.9. The number of rotatable bonds is 7. The van der Waals surface area contributed by atoms with Crippen LogP contribution in [0.4, 0.5) is 20.6 Å². The Morgan fingerprint density at radius 3 is 2.31 bits per heavy atom. The van der Waals surface area contributed by atoms with Gasteiger partial charge in [0, 0.05) is 94.4 Å². The first kappa shape index (κ1) is 39.5. The first-order valence-electron chi connectivity index (χ1n) is 19.2. The molecule has 1 aromatic carbocycles. The molecule has 5 heterocycles. The topological polar surface area (TPSA) is 134 Å². The molecule has 5 atom stereocenters.